The smallest absolute Gasteiger partial charge is 0.161 e. The Morgan fingerprint density at radius 2 is 1.00 bits per heavy atom. The highest BCUT2D eigenvalue weighted by Gasteiger charge is 2.25. The molecule has 0 unspecified atom stereocenters. The zero-order valence-electron chi connectivity index (χ0n) is 17.5. The van der Waals surface area contributed by atoms with E-state index < -0.39 is 6.10 Å². The van der Waals surface area contributed by atoms with Crippen molar-refractivity contribution in [2.24, 2.45) is 0 Å². The SMILES string of the molecule is CN(C)c1ccc(C(Oc2c(Cl)c(Cl)c(O)c(Cl)c2Cl)c2ccc(N(C)C)cc2)cc1. The first-order chi connectivity index (χ1) is 14.6. The summed E-state index contributed by atoms with van der Waals surface area (Å²) in [5, 5.41) is 9.79. The Labute approximate surface area is 202 Å². The van der Waals surface area contributed by atoms with Crippen LogP contribution in [0.25, 0.3) is 0 Å². The fraction of sp³-hybridized carbons (Fsp3) is 0.217. The Hall–Kier alpha value is -1.98. The third-order valence-electron chi connectivity index (χ3n) is 4.86. The molecule has 0 bridgehead atoms. The van der Waals surface area contributed by atoms with Crippen molar-refractivity contribution in [3.8, 4) is 11.5 Å². The second kappa shape index (κ2) is 9.66. The molecular formula is C23H22Cl4N2O2. The number of hydrogen-bond donors (Lipinski definition) is 1. The Morgan fingerprint density at radius 1 is 0.645 bits per heavy atom. The topological polar surface area (TPSA) is 35.9 Å². The molecule has 0 heterocycles. The van der Waals surface area contributed by atoms with Crippen LogP contribution in [0.3, 0.4) is 0 Å². The molecule has 1 N–H and O–H groups in total. The van der Waals surface area contributed by atoms with Crippen molar-refractivity contribution in [3.63, 3.8) is 0 Å². The summed E-state index contributed by atoms with van der Waals surface area (Å²) in [4.78, 5) is 4.03. The van der Waals surface area contributed by atoms with Gasteiger partial charge in [0.05, 0.1) is 0 Å². The Balaban J connectivity index is 2.11. The Kier molecular flexibility index (Phi) is 7.38. The molecule has 0 aliphatic rings. The van der Waals surface area contributed by atoms with Crippen molar-refractivity contribution in [1.82, 2.24) is 0 Å². The fourth-order valence-electron chi connectivity index (χ4n) is 3.04. The van der Waals surface area contributed by atoms with Gasteiger partial charge in [-0.05, 0) is 35.4 Å². The maximum atomic E-state index is 10.0. The van der Waals surface area contributed by atoms with E-state index in [9.17, 15) is 5.11 Å². The van der Waals surface area contributed by atoms with Gasteiger partial charge in [-0.1, -0.05) is 70.7 Å². The average molecular weight is 500 g/mol. The van der Waals surface area contributed by atoms with E-state index in [0.29, 0.717) is 0 Å². The molecule has 0 atom stereocenters. The van der Waals surface area contributed by atoms with E-state index in [0.717, 1.165) is 22.5 Å². The predicted molar refractivity (Wildman–Crippen MR) is 132 cm³/mol. The van der Waals surface area contributed by atoms with Crippen molar-refractivity contribution in [3.05, 3.63) is 79.7 Å². The van der Waals surface area contributed by atoms with Crippen LogP contribution in [0.4, 0.5) is 11.4 Å². The number of rotatable bonds is 6. The Morgan fingerprint density at radius 3 is 1.32 bits per heavy atom. The van der Waals surface area contributed by atoms with Gasteiger partial charge in [-0.15, -0.1) is 0 Å². The van der Waals surface area contributed by atoms with E-state index in [1.54, 1.807) is 0 Å². The molecule has 4 nitrogen and oxygen atoms in total. The number of phenolic OH excluding ortho intramolecular Hbond substituents is 1. The number of aromatic hydroxyl groups is 1. The molecule has 0 radical (unpaired) electrons. The summed E-state index contributed by atoms with van der Waals surface area (Å²) in [7, 11) is 7.90. The van der Waals surface area contributed by atoms with Gasteiger partial charge < -0.3 is 19.6 Å². The van der Waals surface area contributed by atoms with Crippen molar-refractivity contribution in [2.75, 3.05) is 38.0 Å². The first kappa shape index (κ1) is 23.7. The lowest BCUT2D eigenvalue weighted by Gasteiger charge is -2.24. The maximum absolute atomic E-state index is 10.0. The van der Waals surface area contributed by atoms with Crippen molar-refractivity contribution < 1.29 is 9.84 Å². The molecule has 8 heteroatoms. The molecular weight excluding hydrogens is 478 g/mol. The summed E-state index contributed by atoms with van der Waals surface area (Å²) in [5.74, 6) is -0.276. The molecule has 3 aromatic rings. The van der Waals surface area contributed by atoms with Crippen LogP contribution in [0, 0.1) is 0 Å². The van der Waals surface area contributed by atoms with Crippen LogP contribution >= 0.6 is 46.4 Å². The number of halogens is 4. The first-order valence-electron chi connectivity index (χ1n) is 9.38. The molecule has 0 amide bonds. The minimum atomic E-state index is -0.542. The minimum Gasteiger partial charge on any atom is -0.505 e. The summed E-state index contributed by atoms with van der Waals surface area (Å²) in [6, 6.07) is 15.9. The molecule has 31 heavy (non-hydrogen) atoms. The molecule has 164 valence electrons. The zero-order valence-corrected chi connectivity index (χ0v) is 20.5. The summed E-state index contributed by atoms with van der Waals surface area (Å²) in [6.45, 7) is 0. The quantitative estimate of drug-likeness (QED) is 0.361. The van der Waals surface area contributed by atoms with Gasteiger partial charge in [0.25, 0.3) is 0 Å². The highest BCUT2D eigenvalue weighted by Crippen LogP contribution is 2.51. The van der Waals surface area contributed by atoms with Crippen LogP contribution in [-0.2, 0) is 0 Å². The van der Waals surface area contributed by atoms with Gasteiger partial charge in [0.1, 0.15) is 26.2 Å². The van der Waals surface area contributed by atoms with E-state index in [-0.39, 0.29) is 31.6 Å². The van der Waals surface area contributed by atoms with Crippen LogP contribution < -0.4 is 14.5 Å². The summed E-state index contributed by atoms with van der Waals surface area (Å²) >= 11 is 25.0. The fourth-order valence-corrected chi connectivity index (χ4v) is 3.96. The third kappa shape index (κ3) is 4.93. The minimum absolute atomic E-state index is 0.00612. The van der Waals surface area contributed by atoms with Gasteiger partial charge in [0, 0.05) is 39.6 Å². The van der Waals surface area contributed by atoms with Gasteiger partial charge in [0.2, 0.25) is 0 Å². The third-order valence-corrected chi connectivity index (χ3v) is 6.51. The van der Waals surface area contributed by atoms with Crippen LogP contribution in [0.15, 0.2) is 48.5 Å². The monoisotopic (exact) mass is 498 g/mol. The van der Waals surface area contributed by atoms with Gasteiger partial charge in [-0.3, -0.25) is 0 Å². The Bertz CT molecular complexity index is 988. The number of anilines is 2. The number of benzene rings is 3. The lowest BCUT2D eigenvalue weighted by molar-refractivity contribution is 0.247. The predicted octanol–water partition coefficient (Wildman–Crippen LogP) is 7.31. The molecule has 0 aromatic heterocycles. The maximum Gasteiger partial charge on any atom is 0.161 e. The normalized spacial score (nSPS) is 11.0. The highest BCUT2D eigenvalue weighted by molar-refractivity contribution is 6.50. The number of nitrogens with zero attached hydrogens (tertiary/aromatic N) is 2. The van der Waals surface area contributed by atoms with E-state index in [1.165, 1.54) is 0 Å². The molecule has 0 aliphatic heterocycles. The summed E-state index contributed by atoms with van der Waals surface area (Å²) in [6.07, 6.45) is -0.542. The molecule has 0 spiro atoms. The molecule has 3 aromatic carbocycles. The van der Waals surface area contributed by atoms with Gasteiger partial charge in [-0.25, -0.2) is 0 Å². The summed E-state index contributed by atoms with van der Waals surface area (Å²) in [5.41, 5.74) is 3.88. The second-order valence-electron chi connectivity index (χ2n) is 7.40. The molecule has 0 fully saturated rings. The molecule has 0 saturated heterocycles. The van der Waals surface area contributed by atoms with Crippen LogP contribution in [-0.4, -0.2) is 33.3 Å². The lowest BCUT2D eigenvalue weighted by Crippen LogP contribution is -2.13. The summed E-state index contributed by atoms with van der Waals surface area (Å²) < 4.78 is 6.29. The zero-order chi connectivity index (χ0) is 22.9. The van der Waals surface area contributed by atoms with Crippen molar-refractivity contribution >= 4 is 57.8 Å². The lowest BCUT2D eigenvalue weighted by atomic mass is 10.0. The molecule has 3 rings (SSSR count). The largest absolute Gasteiger partial charge is 0.505 e. The van der Waals surface area contributed by atoms with Gasteiger partial charge in [-0.2, -0.15) is 0 Å². The van der Waals surface area contributed by atoms with Gasteiger partial charge >= 0.3 is 0 Å². The van der Waals surface area contributed by atoms with Crippen LogP contribution in [0.1, 0.15) is 17.2 Å². The number of hydrogen-bond acceptors (Lipinski definition) is 4. The first-order valence-corrected chi connectivity index (χ1v) is 10.9. The van der Waals surface area contributed by atoms with Crippen LogP contribution in [0.5, 0.6) is 11.5 Å². The standard InChI is InChI=1S/C23H22Cl4N2O2/c1-28(2)15-9-5-13(6-10-15)22(14-7-11-16(12-8-14)29(3)4)31-23-19(26)17(24)21(30)18(25)20(23)27/h5-12,22,30H,1-4H3. The highest BCUT2D eigenvalue weighted by atomic mass is 35.5. The van der Waals surface area contributed by atoms with E-state index in [4.69, 9.17) is 51.1 Å². The van der Waals surface area contributed by atoms with Crippen LogP contribution in [0.2, 0.25) is 20.1 Å². The average Bonchev–Trinajstić information content (AvgIpc) is 2.76. The van der Waals surface area contributed by atoms with E-state index >= 15 is 0 Å². The molecule has 0 saturated carbocycles. The number of ether oxygens (including phenoxy) is 1. The van der Waals surface area contributed by atoms with E-state index in [2.05, 4.69) is 0 Å². The second-order valence-corrected chi connectivity index (χ2v) is 8.92. The molecule has 0 aliphatic carbocycles. The van der Waals surface area contributed by atoms with E-state index in [1.807, 2.05) is 86.5 Å². The number of phenols is 1. The van der Waals surface area contributed by atoms with Gasteiger partial charge in [0.15, 0.2) is 11.5 Å². The van der Waals surface area contributed by atoms with Crippen molar-refractivity contribution in [1.29, 1.82) is 0 Å². The van der Waals surface area contributed by atoms with Crippen molar-refractivity contribution in [2.45, 2.75) is 6.10 Å².